The molecule has 0 radical (unpaired) electrons. The predicted molar refractivity (Wildman–Crippen MR) is 88.8 cm³/mol. The number of aromatic nitrogens is 2. The first kappa shape index (κ1) is 14.0. The van der Waals surface area contributed by atoms with Crippen molar-refractivity contribution in [3.05, 3.63) is 82.8 Å². The van der Waals surface area contributed by atoms with E-state index in [1.165, 1.54) is 11.1 Å². The molecule has 0 saturated carbocycles. The third kappa shape index (κ3) is 2.61. The van der Waals surface area contributed by atoms with Crippen LogP contribution in [0.2, 0.25) is 0 Å². The van der Waals surface area contributed by atoms with Crippen molar-refractivity contribution in [2.45, 2.75) is 26.6 Å². The monoisotopic (exact) mass is 307 g/mol. The van der Waals surface area contributed by atoms with Gasteiger partial charge in [0.05, 0.1) is 6.54 Å². The summed E-state index contributed by atoms with van der Waals surface area (Å²) in [6.07, 6.45) is 1.92. The van der Waals surface area contributed by atoms with Crippen molar-refractivity contribution in [2.24, 2.45) is 0 Å². The van der Waals surface area contributed by atoms with E-state index in [1.807, 2.05) is 24.4 Å². The normalized spacial score (nSPS) is 13.4. The highest BCUT2D eigenvalue weighted by atomic mass is 19.1. The molecule has 3 aromatic rings. The Morgan fingerprint density at radius 2 is 1.74 bits per heavy atom. The Bertz CT molecular complexity index is 828. The van der Waals surface area contributed by atoms with Crippen LogP contribution in [-0.4, -0.2) is 9.78 Å². The van der Waals surface area contributed by atoms with Crippen LogP contribution in [0, 0.1) is 12.7 Å². The van der Waals surface area contributed by atoms with E-state index in [4.69, 9.17) is 0 Å². The van der Waals surface area contributed by atoms with E-state index < -0.39 is 0 Å². The number of fused-ring (bicyclic) bond motifs is 1. The van der Waals surface area contributed by atoms with Gasteiger partial charge in [0.2, 0.25) is 0 Å². The van der Waals surface area contributed by atoms with Gasteiger partial charge in [-0.2, -0.15) is 5.10 Å². The summed E-state index contributed by atoms with van der Waals surface area (Å²) < 4.78 is 15.9. The fourth-order valence-corrected chi connectivity index (χ4v) is 3.11. The Kier molecular flexibility index (Phi) is 3.37. The van der Waals surface area contributed by atoms with Crippen molar-refractivity contribution in [1.82, 2.24) is 9.78 Å². The average Bonchev–Trinajstić information content (AvgIpc) is 3.18. The highest BCUT2D eigenvalue weighted by Crippen LogP contribution is 2.26. The zero-order valence-electron chi connectivity index (χ0n) is 13.0. The molecule has 2 heterocycles. The minimum atomic E-state index is -0.141. The van der Waals surface area contributed by atoms with Gasteiger partial charge in [0, 0.05) is 30.9 Å². The second-order valence-electron chi connectivity index (χ2n) is 6.04. The minimum absolute atomic E-state index is 0.141. The van der Waals surface area contributed by atoms with Gasteiger partial charge < -0.3 is 4.90 Å². The molecule has 0 fully saturated rings. The van der Waals surface area contributed by atoms with Gasteiger partial charge in [-0.05, 0) is 23.6 Å². The fraction of sp³-hybridized carbons (Fsp3) is 0.211. The minimum Gasteiger partial charge on any atom is -0.346 e. The molecule has 0 bridgehead atoms. The Morgan fingerprint density at radius 1 is 1.00 bits per heavy atom. The maximum Gasteiger partial charge on any atom is 0.151 e. The van der Waals surface area contributed by atoms with E-state index in [-0.39, 0.29) is 5.82 Å². The molecule has 0 aliphatic carbocycles. The summed E-state index contributed by atoms with van der Waals surface area (Å²) in [5.41, 5.74) is 4.05. The molecule has 2 aromatic carbocycles. The lowest BCUT2D eigenvalue weighted by Crippen LogP contribution is -2.15. The molecular weight excluding hydrogens is 289 g/mol. The Labute approximate surface area is 135 Å². The van der Waals surface area contributed by atoms with Crippen LogP contribution in [0.15, 0.2) is 54.7 Å². The summed E-state index contributed by atoms with van der Waals surface area (Å²) in [7, 11) is 0. The van der Waals surface area contributed by atoms with Crippen LogP contribution in [0.1, 0.15) is 22.3 Å². The van der Waals surface area contributed by atoms with E-state index in [0.717, 1.165) is 18.9 Å². The number of anilines is 1. The number of nitrogens with zero attached hydrogens (tertiary/aromatic N) is 3. The highest BCUT2D eigenvalue weighted by Gasteiger charge is 2.20. The van der Waals surface area contributed by atoms with Crippen molar-refractivity contribution < 1.29 is 4.39 Å². The van der Waals surface area contributed by atoms with Crippen LogP contribution in [0.5, 0.6) is 0 Å². The molecule has 0 N–H and O–H groups in total. The topological polar surface area (TPSA) is 21.1 Å². The van der Waals surface area contributed by atoms with Crippen molar-refractivity contribution in [1.29, 1.82) is 0 Å². The second-order valence-corrected chi connectivity index (χ2v) is 6.04. The van der Waals surface area contributed by atoms with Crippen LogP contribution in [0.25, 0.3) is 0 Å². The van der Waals surface area contributed by atoms with Crippen LogP contribution >= 0.6 is 0 Å². The molecule has 0 atom stereocenters. The highest BCUT2D eigenvalue weighted by molar-refractivity contribution is 5.46. The first-order chi connectivity index (χ1) is 11.2. The predicted octanol–water partition coefficient (Wildman–Crippen LogP) is 3.90. The third-order valence-corrected chi connectivity index (χ3v) is 4.40. The zero-order valence-corrected chi connectivity index (χ0v) is 13.0. The molecule has 1 aromatic heterocycles. The number of hydrogen-bond donors (Lipinski definition) is 0. The lowest BCUT2D eigenvalue weighted by molar-refractivity contribution is 0.577. The summed E-state index contributed by atoms with van der Waals surface area (Å²) in [5, 5.41) is 4.62. The Morgan fingerprint density at radius 3 is 2.48 bits per heavy atom. The van der Waals surface area contributed by atoms with Crippen LogP contribution in [-0.2, 0) is 19.6 Å². The van der Waals surface area contributed by atoms with Crippen molar-refractivity contribution in [3.63, 3.8) is 0 Å². The molecule has 4 heteroatoms. The van der Waals surface area contributed by atoms with Crippen molar-refractivity contribution in [2.75, 3.05) is 4.90 Å². The smallest absolute Gasteiger partial charge is 0.151 e. The molecule has 0 unspecified atom stereocenters. The second kappa shape index (κ2) is 5.54. The van der Waals surface area contributed by atoms with Crippen LogP contribution in [0.3, 0.4) is 0 Å². The molecule has 4 rings (SSSR count). The van der Waals surface area contributed by atoms with Gasteiger partial charge in [-0.3, -0.25) is 4.68 Å². The first-order valence-electron chi connectivity index (χ1n) is 7.80. The van der Waals surface area contributed by atoms with E-state index >= 15 is 0 Å². The van der Waals surface area contributed by atoms with E-state index in [0.29, 0.717) is 17.7 Å². The van der Waals surface area contributed by atoms with Gasteiger partial charge in [0.25, 0.3) is 0 Å². The lowest BCUT2D eigenvalue weighted by atomic mass is 10.1. The molecular formula is C19H18FN3. The molecule has 3 nitrogen and oxygen atoms in total. The molecule has 0 spiro atoms. The maximum atomic E-state index is 14.1. The first-order valence-corrected chi connectivity index (χ1v) is 7.80. The van der Waals surface area contributed by atoms with Gasteiger partial charge in [-0.1, -0.05) is 42.5 Å². The summed E-state index contributed by atoms with van der Waals surface area (Å²) in [4.78, 5) is 2.24. The molecule has 1 aliphatic heterocycles. The standard InChI is InChI=1S/C19H18FN3/c1-14-5-4-8-17(19(14)20)13-23-10-9-18(21-23)22-11-15-6-2-3-7-16(15)12-22/h2-10H,11-13H2,1H3. The summed E-state index contributed by atoms with van der Waals surface area (Å²) in [5.74, 6) is 0.799. The van der Waals surface area contributed by atoms with Gasteiger partial charge in [-0.15, -0.1) is 0 Å². The Balaban J connectivity index is 1.53. The molecule has 23 heavy (non-hydrogen) atoms. The van der Waals surface area contributed by atoms with E-state index in [1.54, 1.807) is 17.7 Å². The van der Waals surface area contributed by atoms with Gasteiger partial charge >= 0.3 is 0 Å². The lowest BCUT2D eigenvalue weighted by Gasteiger charge is -2.13. The molecule has 116 valence electrons. The van der Waals surface area contributed by atoms with Crippen molar-refractivity contribution in [3.8, 4) is 0 Å². The fourth-order valence-electron chi connectivity index (χ4n) is 3.11. The maximum absolute atomic E-state index is 14.1. The molecule has 0 amide bonds. The molecule has 0 saturated heterocycles. The quantitative estimate of drug-likeness (QED) is 0.732. The summed E-state index contributed by atoms with van der Waals surface area (Å²) in [6.45, 7) is 4.00. The summed E-state index contributed by atoms with van der Waals surface area (Å²) >= 11 is 0. The number of benzene rings is 2. The van der Waals surface area contributed by atoms with E-state index in [2.05, 4.69) is 34.3 Å². The number of rotatable bonds is 3. The number of hydrogen-bond acceptors (Lipinski definition) is 2. The zero-order chi connectivity index (χ0) is 15.8. The van der Waals surface area contributed by atoms with E-state index in [9.17, 15) is 4.39 Å². The van der Waals surface area contributed by atoms with Crippen LogP contribution in [0.4, 0.5) is 10.2 Å². The number of halogens is 1. The van der Waals surface area contributed by atoms with Gasteiger partial charge in [-0.25, -0.2) is 4.39 Å². The third-order valence-electron chi connectivity index (χ3n) is 4.40. The van der Waals surface area contributed by atoms with Crippen LogP contribution < -0.4 is 4.90 Å². The SMILES string of the molecule is Cc1cccc(Cn2ccc(N3Cc4ccccc4C3)n2)c1F. The number of aryl methyl sites for hydroxylation is 1. The average molecular weight is 307 g/mol. The van der Waals surface area contributed by atoms with Gasteiger partial charge in [0.1, 0.15) is 5.82 Å². The Hall–Kier alpha value is -2.62. The van der Waals surface area contributed by atoms with Crippen molar-refractivity contribution >= 4 is 5.82 Å². The summed E-state index contributed by atoms with van der Waals surface area (Å²) in [6, 6.07) is 15.9. The van der Waals surface area contributed by atoms with Gasteiger partial charge in [0.15, 0.2) is 5.82 Å². The largest absolute Gasteiger partial charge is 0.346 e. The molecule has 1 aliphatic rings.